The number of carbonyl (C=O) groups excluding carboxylic acids is 1. The molecule has 2 amide bonds. The number of likely N-dealkylation sites (tertiary alicyclic amines) is 1. The Bertz CT molecular complexity index is 560. The van der Waals surface area contributed by atoms with Crippen molar-refractivity contribution in [2.75, 3.05) is 13.1 Å². The van der Waals surface area contributed by atoms with E-state index in [9.17, 15) is 18.4 Å². The van der Waals surface area contributed by atoms with E-state index >= 15 is 0 Å². The highest BCUT2D eigenvalue weighted by Crippen LogP contribution is 2.20. The second-order valence-electron chi connectivity index (χ2n) is 4.78. The summed E-state index contributed by atoms with van der Waals surface area (Å²) in [5.74, 6) is -3.05. The molecule has 0 aliphatic carbocycles. The third-order valence-electron chi connectivity index (χ3n) is 3.35. The molecule has 1 aliphatic heterocycles. The summed E-state index contributed by atoms with van der Waals surface area (Å²) in [6.07, 6.45) is 0.379. The van der Waals surface area contributed by atoms with Gasteiger partial charge in [-0.1, -0.05) is 15.9 Å². The number of carbonyl (C=O) groups is 2. The van der Waals surface area contributed by atoms with Gasteiger partial charge in [0, 0.05) is 23.1 Å². The van der Waals surface area contributed by atoms with Crippen LogP contribution >= 0.6 is 15.9 Å². The quantitative estimate of drug-likeness (QED) is 0.866. The monoisotopic (exact) mass is 362 g/mol. The lowest BCUT2D eigenvalue weighted by Gasteiger charge is -2.17. The smallest absolute Gasteiger partial charge is 0.317 e. The summed E-state index contributed by atoms with van der Waals surface area (Å²) in [6, 6.07) is 1.70. The van der Waals surface area contributed by atoms with Gasteiger partial charge in [-0.15, -0.1) is 0 Å². The van der Waals surface area contributed by atoms with Crippen LogP contribution in [0.2, 0.25) is 0 Å². The van der Waals surface area contributed by atoms with Crippen molar-refractivity contribution >= 4 is 27.9 Å². The first kappa shape index (κ1) is 15.7. The summed E-state index contributed by atoms with van der Waals surface area (Å²) in [5, 5.41) is 11.3. The van der Waals surface area contributed by atoms with Crippen molar-refractivity contribution < 1.29 is 23.5 Å². The van der Waals surface area contributed by atoms with Crippen molar-refractivity contribution in [3.63, 3.8) is 0 Å². The Morgan fingerprint density at radius 2 is 2.00 bits per heavy atom. The molecule has 1 aromatic carbocycles. The molecule has 5 nitrogen and oxygen atoms in total. The van der Waals surface area contributed by atoms with E-state index in [0.717, 1.165) is 12.1 Å². The third kappa shape index (κ3) is 3.69. The van der Waals surface area contributed by atoms with E-state index in [1.165, 1.54) is 4.90 Å². The summed E-state index contributed by atoms with van der Waals surface area (Å²) >= 11 is 2.97. The van der Waals surface area contributed by atoms with Gasteiger partial charge in [-0.2, -0.15) is 0 Å². The molecule has 1 saturated heterocycles. The van der Waals surface area contributed by atoms with Crippen LogP contribution in [0.15, 0.2) is 16.6 Å². The van der Waals surface area contributed by atoms with Crippen LogP contribution in [-0.4, -0.2) is 35.1 Å². The lowest BCUT2D eigenvalue weighted by molar-refractivity contribution is -0.141. The molecule has 0 bridgehead atoms. The molecule has 1 fully saturated rings. The Morgan fingerprint density at radius 3 is 2.52 bits per heavy atom. The van der Waals surface area contributed by atoms with Gasteiger partial charge in [-0.05, 0) is 18.6 Å². The van der Waals surface area contributed by atoms with Crippen molar-refractivity contribution in [3.8, 4) is 0 Å². The number of hydrogen-bond donors (Lipinski definition) is 2. The summed E-state index contributed by atoms with van der Waals surface area (Å²) in [5.41, 5.74) is -0.236. The van der Waals surface area contributed by atoms with Crippen molar-refractivity contribution in [2.45, 2.75) is 13.0 Å². The van der Waals surface area contributed by atoms with Gasteiger partial charge in [0.25, 0.3) is 0 Å². The van der Waals surface area contributed by atoms with E-state index in [1.54, 1.807) is 0 Å². The molecule has 0 spiro atoms. The van der Waals surface area contributed by atoms with Gasteiger partial charge in [0.2, 0.25) is 0 Å². The minimum absolute atomic E-state index is 0.104. The summed E-state index contributed by atoms with van der Waals surface area (Å²) in [4.78, 5) is 24.0. The maximum absolute atomic E-state index is 13.6. The predicted molar refractivity (Wildman–Crippen MR) is 73.6 cm³/mol. The largest absolute Gasteiger partial charge is 0.481 e. The van der Waals surface area contributed by atoms with Crippen LogP contribution in [0.1, 0.15) is 12.0 Å². The third-order valence-corrected chi connectivity index (χ3v) is 3.80. The molecular formula is C13H13BrF2N2O3. The molecule has 114 valence electrons. The Morgan fingerprint density at radius 1 is 1.38 bits per heavy atom. The molecule has 1 aromatic rings. The highest BCUT2D eigenvalue weighted by atomic mass is 79.9. The Labute approximate surface area is 128 Å². The molecular weight excluding hydrogens is 350 g/mol. The van der Waals surface area contributed by atoms with Gasteiger partial charge in [0.1, 0.15) is 11.6 Å². The summed E-state index contributed by atoms with van der Waals surface area (Å²) < 4.78 is 27.5. The number of halogens is 3. The molecule has 2 N–H and O–H groups in total. The van der Waals surface area contributed by atoms with Crippen LogP contribution in [0.4, 0.5) is 13.6 Å². The second kappa shape index (κ2) is 6.38. The Balaban J connectivity index is 1.95. The Hall–Kier alpha value is -1.70. The minimum Gasteiger partial charge on any atom is -0.481 e. The molecule has 0 saturated carbocycles. The number of nitrogens with one attached hydrogen (secondary N) is 1. The fourth-order valence-electron chi connectivity index (χ4n) is 2.16. The van der Waals surface area contributed by atoms with Crippen molar-refractivity contribution in [1.82, 2.24) is 10.2 Å². The number of hydrogen-bond acceptors (Lipinski definition) is 2. The summed E-state index contributed by atoms with van der Waals surface area (Å²) in [6.45, 7) is 0.124. The van der Waals surface area contributed by atoms with Crippen molar-refractivity contribution in [1.29, 1.82) is 0 Å². The van der Waals surface area contributed by atoms with E-state index in [-0.39, 0.29) is 23.1 Å². The molecule has 0 aromatic heterocycles. The molecule has 1 unspecified atom stereocenters. The highest BCUT2D eigenvalue weighted by Gasteiger charge is 2.30. The SMILES string of the molecule is O=C(O)C1CCN(C(=O)NCc2c(F)cc(Br)cc2F)C1. The maximum Gasteiger partial charge on any atom is 0.317 e. The van der Waals surface area contributed by atoms with E-state index < -0.39 is 29.6 Å². The highest BCUT2D eigenvalue weighted by molar-refractivity contribution is 9.10. The first-order chi connectivity index (χ1) is 9.88. The van der Waals surface area contributed by atoms with E-state index in [1.807, 2.05) is 0 Å². The topological polar surface area (TPSA) is 69.6 Å². The number of amides is 2. The lowest BCUT2D eigenvalue weighted by Crippen LogP contribution is -2.38. The minimum atomic E-state index is -0.949. The molecule has 1 atom stereocenters. The lowest BCUT2D eigenvalue weighted by atomic mass is 10.1. The van der Waals surface area contributed by atoms with Crippen LogP contribution in [0.3, 0.4) is 0 Å². The number of urea groups is 1. The molecule has 2 rings (SSSR count). The standard InChI is InChI=1S/C13H13BrF2N2O3/c14-8-3-10(15)9(11(16)4-8)5-17-13(21)18-2-1-7(6-18)12(19)20/h3-4,7H,1-2,5-6H2,(H,17,21)(H,19,20). The van der Waals surface area contributed by atoms with Gasteiger partial charge in [0.05, 0.1) is 12.5 Å². The van der Waals surface area contributed by atoms with Gasteiger partial charge < -0.3 is 15.3 Å². The van der Waals surface area contributed by atoms with Crippen molar-refractivity contribution in [3.05, 3.63) is 33.8 Å². The molecule has 21 heavy (non-hydrogen) atoms. The van der Waals surface area contributed by atoms with Crippen LogP contribution in [-0.2, 0) is 11.3 Å². The van der Waals surface area contributed by atoms with Gasteiger partial charge >= 0.3 is 12.0 Å². The second-order valence-corrected chi connectivity index (χ2v) is 5.69. The van der Waals surface area contributed by atoms with Crippen molar-refractivity contribution in [2.24, 2.45) is 5.92 Å². The van der Waals surface area contributed by atoms with Crippen LogP contribution in [0.5, 0.6) is 0 Å². The van der Waals surface area contributed by atoms with E-state index in [4.69, 9.17) is 5.11 Å². The van der Waals surface area contributed by atoms with Crippen LogP contribution in [0.25, 0.3) is 0 Å². The van der Waals surface area contributed by atoms with E-state index in [0.29, 0.717) is 13.0 Å². The number of nitrogens with zero attached hydrogens (tertiary/aromatic N) is 1. The predicted octanol–water partition coefficient (Wildman–Crippen LogP) is 2.34. The fraction of sp³-hybridized carbons (Fsp3) is 0.385. The summed E-state index contributed by atoms with van der Waals surface area (Å²) in [7, 11) is 0. The van der Waals surface area contributed by atoms with Gasteiger partial charge in [-0.25, -0.2) is 13.6 Å². The van der Waals surface area contributed by atoms with E-state index in [2.05, 4.69) is 21.2 Å². The average Bonchev–Trinajstić information content (AvgIpc) is 2.86. The first-order valence-corrected chi connectivity index (χ1v) is 7.06. The zero-order valence-corrected chi connectivity index (χ0v) is 12.5. The molecule has 0 radical (unpaired) electrons. The van der Waals surface area contributed by atoms with Gasteiger partial charge in [0.15, 0.2) is 0 Å². The Kier molecular flexibility index (Phi) is 4.76. The molecule has 8 heteroatoms. The maximum atomic E-state index is 13.6. The zero-order valence-electron chi connectivity index (χ0n) is 10.9. The van der Waals surface area contributed by atoms with Crippen LogP contribution in [0, 0.1) is 17.6 Å². The average molecular weight is 363 g/mol. The molecule has 1 aliphatic rings. The number of rotatable bonds is 3. The number of aliphatic carboxylic acids is 1. The molecule has 1 heterocycles. The first-order valence-electron chi connectivity index (χ1n) is 6.27. The zero-order chi connectivity index (χ0) is 15.6. The number of benzene rings is 1. The number of carboxylic acid groups (broad SMARTS) is 1. The number of carboxylic acids is 1. The fourth-order valence-corrected chi connectivity index (χ4v) is 2.57. The van der Waals surface area contributed by atoms with Gasteiger partial charge in [-0.3, -0.25) is 4.79 Å². The normalized spacial score (nSPS) is 17.9. The van der Waals surface area contributed by atoms with Crippen LogP contribution < -0.4 is 5.32 Å².